The standard InChI is InChI=1S/C29H30N2O5/c1-16-5-7-23-24(12-16)28(34)31(27(23)33)25-8-6-22(13-19(25)4)36-29(35)20-14-26(32)30(15-20)21-10-17(2)9-18(3)11-21/h5-6,8-11,13,20,23-24H,7,12,14-15H2,1-4H3/t20-,23+,24-/m1/s1. The topological polar surface area (TPSA) is 84.0 Å². The smallest absolute Gasteiger partial charge is 0.316 e. The van der Waals surface area contributed by atoms with E-state index in [1.54, 1.807) is 30.0 Å². The first-order valence-electron chi connectivity index (χ1n) is 12.4. The van der Waals surface area contributed by atoms with Gasteiger partial charge >= 0.3 is 5.97 Å². The van der Waals surface area contributed by atoms with Crippen molar-refractivity contribution in [3.05, 3.63) is 64.7 Å². The van der Waals surface area contributed by atoms with Gasteiger partial charge in [0.2, 0.25) is 17.7 Å². The number of amides is 3. The molecule has 0 radical (unpaired) electrons. The molecule has 36 heavy (non-hydrogen) atoms. The van der Waals surface area contributed by atoms with Crippen molar-refractivity contribution >= 4 is 35.1 Å². The minimum Gasteiger partial charge on any atom is -0.426 e. The molecule has 0 N–H and O–H groups in total. The van der Waals surface area contributed by atoms with Crippen LogP contribution in [0, 0.1) is 38.5 Å². The summed E-state index contributed by atoms with van der Waals surface area (Å²) >= 11 is 0. The van der Waals surface area contributed by atoms with Gasteiger partial charge in [-0.3, -0.25) is 19.2 Å². The number of fused-ring (bicyclic) bond motifs is 1. The molecular formula is C29H30N2O5. The molecule has 2 aliphatic heterocycles. The number of rotatable bonds is 4. The van der Waals surface area contributed by atoms with E-state index >= 15 is 0 Å². The lowest BCUT2D eigenvalue weighted by Gasteiger charge is -2.19. The third-order valence-corrected chi connectivity index (χ3v) is 7.43. The third-order valence-electron chi connectivity index (χ3n) is 7.43. The predicted molar refractivity (Wildman–Crippen MR) is 136 cm³/mol. The van der Waals surface area contributed by atoms with Crippen molar-refractivity contribution in [3.63, 3.8) is 0 Å². The Hall–Kier alpha value is -3.74. The monoisotopic (exact) mass is 486 g/mol. The Balaban J connectivity index is 1.28. The van der Waals surface area contributed by atoms with Gasteiger partial charge in [-0.1, -0.05) is 17.7 Å². The molecule has 3 atom stereocenters. The normalized spacial score (nSPS) is 23.7. The summed E-state index contributed by atoms with van der Waals surface area (Å²) in [5.74, 6) is -1.77. The van der Waals surface area contributed by atoms with E-state index in [0.717, 1.165) is 22.4 Å². The van der Waals surface area contributed by atoms with Crippen LogP contribution in [0.4, 0.5) is 11.4 Å². The molecule has 7 heteroatoms. The van der Waals surface area contributed by atoms with Gasteiger partial charge in [0.15, 0.2) is 0 Å². The van der Waals surface area contributed by atoms with Crippen molar-refractivity contribution in [2.24, 2.45) is 17.8 Å². The van der Waals surface area contributed by atoms with E-state index in [4.69, 9.17) is 4.74 Å². The molecule has 2 aromatic carbocycles. The highest BCUT2D eigenvalue weighted by molar-refractivity contribution is 6.22. The summed E-state index contributed by atoms with van der Waals surface area (Å²) in [7, 11) is 0. The average molecular weight is 487 g/mol. The highest BCUT2D eigenvalue weighted by atomic mass is 16.5. The maximum atomic E-state index is 13.1. The second-order valence-corrected chi connectivity index (χ2v) is 10.3. The van der Waals surface area contributed by atoms with E-state index in [2.05, 4.69) is 0 Å². The molecule has 2 heterocycles. The Kier molecular flexibility index (Phi) is 6.02. The Bertz CT molecular complexity index is 1310. The SMILES string of the molecule is CC1=CC[C@@H]2C(=O)N(c3ccc(OC(=O)[C@@H]4CC(=O)N(c5cc(C)cc(C)c5)C4)cc3C)C(=O)[C@@H]2C1. The van der Waals surface area contributed by atoms with Crippen LogP contribution < -0.4 is 14.5 Å². The number of carbonyl (C=O) groups is 4. The third kappa shape index (κ3) is 4.23. The molecule has 2 saturated heterocycles. The number of benzene rings is 2. The van der Waals surface area contributed by atoms with Gasteiger partial charge in [0, 0.05) is 18.7 Å². The zero-order valence-electron chi connectivity index (χ0n) is 21.0. The number of hydrogen-bond donors (Lipinski definition) is 0. The number of esters is 1. The summed E-state index contributed by atoms with van der Waals surface area (Å²) in [6, 6.07) is 10.8. The zero-order valence-corrected chi connectivity index (χ0v) is 21.0. The number of nitrogens with zero attached hydrogens (tertiary/aromatic N) is 2. The van der Waals surface area contributed by atoms with Crippen LogP contribution in [-0.4, -0.2) is 30.2 Å². The van der Waals surface area contributed by atoms with Gasteiger partial charge < -0.3 is 9.64 Å². The number of carbonyl (C=O) groups excluding carboxylic acids is 4. The Morgan fingerprint density at radius 2 is 1.58 bits per heavy atom. The molecule has 3 amide bonds. The van der Waals surface area contributed by atoms with Crippen LogP contribution in [0.2, 0.25) is 0 Å². The van der Waals surface area contributed by atoms with Crippen LogP contribution in [0.15, 0.2) is 48.0 Å². The molecule has 0 saturated carbocycles. The number of ether oxygens (including phenoxy) is 1. The lowest BCUT2D eigenvalue weighted by Crippen LogP contribution is -2.31. The van der Waals surface area contributed by atoms with Crippen molar-refractivity contribution in [1.29, 1.82) is 0 Å². The molecule has 0 unspecified atom stereocenters. The van der Waals surface area contributed by atoms with Crippen molar-refractivity contribution in [1.82, 2.24) is 0 Å². The summed E-state index contributed by atoms with van der Waals surface area (Å²) in [6.45, 7) is 8.00. The molecule has 5 rings (SSSR count). The molecule has 3 aliphatic rings. The largest absolute Gasteiger partial charge is 0.426 e. The number of aryl methyl sites for hydroxylation is 3. The summed E-state index contributed by atoms with van der Waals surface area (Å²) in [5, 5.41) is 0. The molecule has 0 spiro atoms. The lowest BCUT2D eigenvalue weighted by molar-refractivity contribution is -0.139. The Morgan fingerprint density at radius 3 is 2.28 bits per heavy atom. The lowest BCUT2D eigenvalue weighted by atomic mass is 9.82. The van der Waals surface area contributed by atoms with Crippen LogP contribution in [0.1, 0.15) is 42.9 Å². The first-order chi connectivity index (χ1) is 17.1. The fourth-order valence-electron chi connectivity index (χ4n) is 5.64. The van der Waals surface area contributed by atoms with E-state index in [1.165, 1.54) is 4.90 Å². The van der Waals surface area contributed by atoms with E-state index in [-0.39, 0.29) is 42.5 Å². The van der Waals surface area contributed by atoms with Crippen LogP contribution in [0.25, 0.3) is 0 Å². The minimum absolute atomic E-state index is 0.0932. The quantitative estimate of drug-likeness (QED) is 0.277. The van der Waals surface area contributed by atoms with Crippen LogP contribution in [-0.2, 0) is 19.2 Å². The molecule has 2 aromatic rings. The zero-order chi connectivity index (χ0) is 25.7. The van der Waals surface area contributed by atoms with Gasteiger partial charge in [-0.25, -0.2) is 4.90 Å². The fraction of sp³-hybridized carbons (Fsp3) is 0.379. The van der Waals surface area contributed by atoms with E-state index in [1.807, 2.05) is 45.0 Å². The molecule has 2 fully saturated rings. The van der Waals surface area contributed by atoms with Crippen molar-refractivity contribution in [2.75, 3.05) is 16.3 Å². The maximum absolute atomic E-state index is 13.1. The number of hydrogen-bond acceptors (Lipinski definition) is 5. The highest BCUT2D eigenvalue weighted by Gasteiger charge is 2.49. The van der Waals surface area contributed by atoms with Gasteiger partial charge in [0.1, 0.15) is 5.75 Å². The summed E-state index contributed by atoms with van der Waals surface area (Å²) in [6.07, 6.45) is 3.33. The number of anilines is 2. The number of imide groups is 1. The van der Waals surface area contributed by atoms with Crippen molar-refractivity contribution in [3.8, 4) is 5.75 Å². The van der Waals surface area contributed by atoms with Crippen LogP contribution in [0.3, 0.4) is 0 Å². The van der Waals surface area contributed by atoms with Crippen molar-refractivity contribution < 1.29 is 23.9 Å². The second-order valence-electron chi connectivity index (χ2n) is 10.3. The molecule has 0 bridgehead atoms. The summed E-state index contributed by atoms with van der Waals surface area (Å²) < 4.78 is 5.62. The van der Waals surface area contributed by atoms with E-state index < -0.39 is 11.9 Å². The summed E-state index contributed by atoms with van der Waals surface area (Å²) in [4.78, 5) is 54.6. The van der Waals surface area contributed by atoms with Crippen LogP contribution >= 0.6 is 0 Å². The van der Waals surface area contributed by atoms with Gasteiger partial charge in [-0.15, -0.1) is 0 Å². The van der Waals surface area contributed by atoms with E-state index in [0.29, 0.717) is 29.8 Å². The molecule has 186 valence electrons. The first-order valence-corrected chi connectivity index (χ1v) is 12.4. The molecule has 7 nitrogen and oxygen atoms in total. The molecule has 0 aromatic heterocycles. The average Bonchev–Trinajstić information content (AvgIpc) is 3.31. The van der Waals surface area contributed by atoms with Gasteiger partial charge in [0.25, 0.3) is 0 Å². The predicted octanol–water partition coefficient (Wildman–Crippen LogP) is 4.42. The Labute approximate surface area is 210 Å². The second kappa shape index (κ2) is 9.04. The molecular weight excluding hydrogens is 456 g/mol. The van der Waals surface area contributed by atoms with Crippen molar-refractivity contribution in [2.45, 2.75) is 47.0 Å². The van der Waals surface area contributed by atoms with Crippen LogP contribution in [0.5, 0.6) is 5.75 Å². The fourth-order valence-corrected chi connectivity index (χ4v) is 5.64. The van der Waals surface area contributed by atoms with Gasteiger partial charge in [0.05, 0.1) is 23.4 Å². The van der Waals surface area contributed by atoms with Gasteiger partial charge in [-0.05, 0) is 87.6 Å². The summed E-state index contributed by atoms with van der Waals surface area (Å²) in [5.41, 5.74) is 5.23. The molecule has 1 aliphatic carbocycles. The highest BCUT2D eigenvalue weighted by Crippen LogP contribution is 2.41. The van der Waals surface area contributed by atoms with E-state index in [9.17, 15) is 19.2 Å². The Morgan fingerprint density at radius 1 is 0.889 bits per heavy atom. The minimum atomic E-state index is -0.570. The maximum Gasteiger partial charge on any atom is 0.316 e. The van der Waals surface area contributed by atoms with Gasteiger partial charge in [-0.2, -0.15) is 0 Å². The number of allylic oxidation sites excluding steroid dienone is 2. The first kappa shape index (κ1) is 24.0.